The molecule has 0 unspecified atom stereocenters. The van der Waals surface area contributed by atoms with E-state index in [9.17, 15) is 14.0 Å². The number of hydrogen-bond acceptors (Lipinski definition) is 3. The van der Waals surface area contributed by atoms with Crippen molar-refractivity contribution in [3.8, 4) is 5.69 Å². The molecule has 4 rings (SSSR count). The quantitative estimate of drug-likeness (QED) is 0.638. The number of nitrogens with one attached hydrogen (secondary N) is 1. The summed E-state index contributed by atoms with van der Waals surface area (Å²) in [6, 6.07) is 13.0. The van der Waals surface area contributed by atoms with E-state index < -0.39 is 5.82 Å². The summed E-state index contributed by atoms with van der Waals surface area (Å²) in [5.74, 6) is -0.587. The van der Waals surface area contributed by atoms with Crippen LogP contribution in [0.2, 0.25) is 5.02 Å². The van der Waals surface area contributed by atoms with Crippen LogP contribution in [0.25, 0.3) is 5.69 Å². The maximum atomic E-state index is 14.2. The highest BCUT2D eigenvalue weighted by molar-refractivity contribution is 6.30. The van der Waals surface area contributed by atoms with E-state index in [-0.39, 0.29) is 11.9 Å². The van der Waals surface area contributed by atoms with E-state index in [0.29, 0.717) is 60.3 Å². The van der Waals surface area contributed by atoms with Crippen molar-refractivity contribution in [2.45, 2.75) is 13.3 Å². The molecule has 1 saturated heterocycles. The van der Waals surface area contributed by atoms with Crippen molar-refractivity contribution >= 4 is 29.2 Å². The third kappa shape index (κ3) is 4.60. The first kappa shape index (κ1) is 21.8. The Morgan fingerprint density at radius 1 is 1.03 bits per heavy atom. The fourth-order valence-electron chi connectivity index (χ4n) is 3.75. The topological polar surface area (TPSA) is 70.5 Å². The lowest BCUT2D eigenvalue weighted by atomic mass is 10.2. The van der Waals surface area contributed by atoms with Gasteiger partial charge in [0.25, 0.3) is 5.91 Å². The van der Waals surface area contributed by atoms with Gasteiger partial charge in [-0.25, -0.2) is 13.9 Å². The molecule has 1 N–H and O–H groups in total. The van der Waals surface area contributed by atoms with Gasteiger partial charge in [0.2, 0.25) is 0 Å². The zero-order chi connectivity index (χ0) is 22.7. The second kappa shape index (κ2) is 9.40. The average molecular weight is 456 g/mol. The first-order valence-corrected chi connectivity index (χ1v) is 10.7. The minimum absolute atomic E-state index is 0.179. The van der Waals surface area contributed by atoms with Gasteiger partial charge in [-0.1, -0.05) is 29.8 Å². The molecule has 0 atom stereocenters. The Morgan fingerprint density at radius 3 is 2.56 bits per heavy atom. The van der Waals surface area contributed by atoms with Crippen LogP contribution in [0.5, 0.6) is 0 Å². The summed E-state index contributed by atoms with van der Waals surface area (Å²) in [5.41, 5.74) is 1.91. The molecule has 0 radical (unpaired) electrons. The number of benzene rings is 2. The molecule has 2 heterocycles. The van der Waals surface area contributed by atoms with E-state index in [1.165, 1.54) is 16.9 Å². The fourth-order valence-corrected chi connectivity index (χ4v) is 3.94. The monoisotopic (exact) mass is 455 g/mol. The third-order valence-corrected chi connectivity index (χ3v) is 5.70. The number of nitrogens with zero attached hydrogens (tertiary/aromatic N) is 4. The normalized spacial score (nSPS) is 14.2. The smallest absolute Gasteiger partial charge is 0.321 e. The van der Waals surface area contributed by atoms with Gasteiger partial charge in [0.15, 0.2) is 0 Å². The molecule has 3 aromatic rings. The van der Waals surface area contributed by atoms with Gasteiger partial charge in [0.05, 0.1) is 17.5 Å². The highest BCUT2D eigenvalue weighted by Crippen LogP contribution is 2.20. The second-order valence-corrected chi connectivity index (χ2v) is 8.02. The summed E-state index contributed by atoms with van der Waals surface area (Å²) < 4.78 is 15.6. The van der Waals surface area contributed by atoms with Gasteiger partial charge in [0.1, 0.15) is 11.5 Å². The highest BCUT2D eigenvalue weighted by atomic mass is 35.5. The van der Waals surface area contributed by atoms with Crippen molar-refractivity contribution in [3.63, 3.8) is 0 Å². The van der Waals surface area contributed by atoms with Crippen LogP contribution >= 0.6 is 11.6 Å². The van der Waals surface area contributed by atoms with E-state index >= 15 is 0 Å². The predicted molar refractivity (Wildman–Crippen MR) is 121 cm³/mol. The summed E-state index contributed by atoms with van der Waals surface area (Å²) in [6.45, 7) is 3.59. The first-order chi connectivity index (χ1) is 15.4. The van der Waals surface area contributed by atoms with Crippen LogP contribution in [-0.2, 0) is 0 Å². The number of carbonyl (C=O) groups excluding carboxylic acids is 2. The number of halogens is 2. The van der Waals surface area contributed by atoms with Gasteiger partial charge in [-0.2, -0.15) is 5.10 Å². The number of aromatic nitrogens is 2. The summed E-state index contributed by atoms with van der Waals surface area (Å²) in [7, 11) is 0. The van der Waals surface area contributed by atoms with Gasteiger partial charge in [-0.3, -0.25) is 4.79 Å². The minimum atomic E-state index is -0.408. The van der Waals surface area contributed by atoms with Crippen molar-refractivity contribution in [1.82, 2.24) is 19.6 Å². The fraction of sp³-hybridized carbons (Fsp3) is 0.261. The molecule has 1 aliphatic rings. The molecule has 1 aromatic heterocycles. The Kier molecular flexibility index (Phi) is 6.41. The van der Waals surface area contributed by atoms with Crippen LogP contribution in [0.3, 0.4) is 0 Å². The zero-order valence-corrected chi connectivity index (χ0v) is 18.3. The average Bonchev–Trinajstić information content (AvgIpc) is 2.98. The standard InChI is InChI=1S/C23H23ClFN5O2/c1-16-19(15-26-30(16)21-9-3-2-8-20(21)25)22(31)28-10-5-11-29(13-12-28)23(32)27-18-7-4-6-17(24)14-18/h2-4,6-9,14-15H,5,10-13H2,1H3,(H,27,32). The van der Waals surface area contributed by atoms with Crippen molar-refractivity contribution in [1.29, 1.82) is 0 Å². The molecule has 32 heavy (non-hydrogen) atoms. The molecule has 2 aromatic carbocycles. The summed E-state index contributed by atoms with van der Waals surface area (Å²) in [6.07, 6.45) is 2.12. The van der Waals surface area contributed by atoms with Crippen LogP contribution in [0.15, 0.2) is 54.7 Å². The minimum Gasteiger partial charge on any atom is -0.337 e. The van der Waals surface area contributed by atoms with Gasteiger partial charge in [-0.15, -0.1) is 0 Å². The van der Waals surface area contributed by atoms with E-state index in [4.69, 9.17) is 11.6 Å². The van der Waals surface area contributed by atoms with E-state index in [1.807, 2.05) is 0 Å². The lowest BCUT2D eigenvalue weighted by Crippen LogP contribution is -2.39. The Bertz CT molecular complexity index is 1150. The van der Waals surface area contributed by atoms with Crippen molar-refractivity contribution < 1.29 is 14.0 Å². The number of anilines is 1. The largest absolute Gasteiger partial charge is 0.337 e. The number of carbonyl (C=O) groups is 2. The molecule has 0 aliphatic carbocycles. The van der Waals surface area contributed by atoms with Gasteiger partial charge >= 0.3 is 6.03 Å². The third-order valence-electron chi connectivity index (χ3n) is 5.47. The van der Waals surface area contributed by atoms with E-state index in [2.05, 4.69) is 10.4 Å². The number of amides is 3. The van der Waals surface area contributed by atoms with Gasteiger partial charge in [0, 0.05) is 36.9 Å². The Hall–Kier alpha value is -3.39. The Labute approximate surface area is 190 Å². The lowest BCUT2D eigenvalue weighted by Gasteiger charge is -2.22. The van der Waals surface area contributed by atoms with Crippen LogP contribution in [0.1, 0.15) is 22.5 Å². The lowest BCUT2D eigenvalue weighted by molar-refractivity contribution is 0.0762. The van der Waals surface area contributed by atoms with Gasteiger partial charge < -0.3 is 15.1 Å². The number of hydrogen-bond donors (Lipinski definition) is 1. The van der Waals surface area contributed by atoms with E-state index in [0.717, 1.165) is 0 Å². The van der Waals surface area contributed by atoms with Crippen molar-refractivity contribution in [2.24, 2.45) is 0 Å². The van der Waals surface area contributed by atoms with Crippen LogP contribution < -0.4 is 5.32 Å². The second-order valence-electron chi connectivity index (χ2n) is 7.58. The molecule has 0 bridgehead atoms. The Morgan fingerprint density at radius 2 is 1.78 bits per heavy atom. The molecule has 0 spiro atoms. The summed E-state index contributed by atoms with van der Waals surface area (Å²) in [4.78, 5) is 29.2. The molecule has 1 fully saturated rings. The SMILES string of the molecule is Cc1c(C(=O)N2CCCN(C(=O)Nc3cccc(Cl)c3)CC2)cnn1-c1ccccc1F. The summed E-state index contributed by atoms with van der Waals surface area (Å²) >= 11 is 5.98. The van der Waals surface area contributed by atoms with Crippen LogP contribution in [0, 0.1) is 12.7 Å². The number of urea groups is 1. The summed E-state index contributed by atoms with van der Waals surface area (Å²) in [5, 5.41) is 7.61. The molecule has 3 amide bonds. The van der Waals surface area contributed by atoms with E-state index in [1.54, 1.807) is 59.2 Å². The maximum absolute atomic E-state index is 14.2. The highest BCUT2D eigenvalue weighted by Gasteiger charge is 2.25. The predicted octanol–water partition coefficient (Wildman–Crippen LogP) is 4.35. The molecule has 166 valence electrons. The molecule has 7 nitrogen and oxygen atoms in total. The number of para-hydroxylation sites is 1. The van der Waals surface area contributed by atoms with Crippen molar-refractivity contribution in [3.05, 3.63) is 76.8 Å². The van der Waals surface area contributed by atoms with Crippen LogP contribution in [-0.4, -0.2) is 57.7 Å². The first-order valence-electron chi connectivity index (χ1n) is 10.3. The van der Waals surface area contributed by atoms with Crippen LogP contribution in [0.4, 0.5) is 14.9 Å². The molecule has 9 heteroatoms. The Balaban J connectivity index is 1.43. The molecular weight excluding hydrogens is 433 g/mol. The number of rotatable bonds is 3. The van der Waals surface area contributed by atoms with Gasteiger partial charge in [-0.05, 0) is 43.7 Å². The maximum Gasteiger partial charge on any atom is 0.321 e. The molecule has 0 saturated carbocycles. The zero-order valence-electron chi connectivity index (χ0n) is 17.6. The molecule has 1 aliphatic heterocycles. The van der Waals surface area contributed by atoms with Crippen molar-refractivity contribution in [2.75, 3.05) is 31.5 Å². The molecular formula is C23H23ClFN5O2.